The molecule has 33 heavy (non-hydrogen) atoms. The maximum Gasteiger partial charge on any atom is 0.0594 e. The average Bonchev–Trinajstić information content (AvgIpc) is 2.74. The van der Waals surface area contributed by atoms with E-state index in [4.69, 9.17) is 11.6 Å². The Kier molecular flexibility index (Phi) is 6.94. The Hall–Kier alpha value is -2.05. The summed E-state index contributed by atoms with van der Waals surface area (Å²) in [5.41, 5.74) is 7.44. The van der Waals surface area contributed by atoms with Crippen LogP contribution in [0.2, 0.25) is 0 Å². The second-order valence-corrected chi connectivity index (χ2v) is 12.7. The van der Waals surface area contributed by atoms with Crippen LogP contribution in [-0.4, -0.2) is 5.88 Å². The SMILES string of the molecule is CC(C)(C)c1ccccc1C(CCl)(c1ccccc1C(C)(C)C)c1ccccc1C(C)(C)C. The number of rotatable bonds is 4. The minimum absolute atomic E-state index is 0.0126. The van der Waals surface area contributed by atoms with Crippen molar-refractivity contribution in [1.82, 2.24) is 0 Å². The molecule has 0 aromatic heterocycles. The van der Waals surface area contributed by atoms with E-state index in [9.17, 15) is 0 Å². The zero-order valence-electron chi connectivity index (χ0n) is 22.0. The summed E-state index contributed by atoms with van der Waals surface area (Å²) < 4.78 is 0. The molecule has 3 aromatic rings. The molecule has 0 heterocycles. The molecule has 0 N–H and O–H groups in total. The van der Waals surface area contributed by atoms with Crippen LogP contribution in [0.1, 0.15) is 95.7 Å². The van der Waals surface area contributed by atoms with Crippen molar-refractivity contribution in [2.45, 2.75) is 84.0 Å². The molecular weight excluding hydrogens is 420 g/mol. The Balaban J connectivity index is 2.60. The van der Waals surface area contributed by atoms with Gasteiger partial charge in [0, 0.05) is 5.88 Å². The van der Waals surface area contributed by atoms with Gasteiger partial charge in [0.15, 0.2) is 0 Å². The van der Waals surface area contributed by atoms with Crippen molar-refractivity contribution in [1.29, 1.82) is 0 Å². The molecule has 0 aliphatic heterocycles. The van der Waals surface area contributed by atoms with Gasteiger partial charge in [-0.15, -0.1) is 11.6 Å². The molecule has 0 bridgehead atoms. The molecule has 1 heteroatoms. The Morgan fingerprint density at radius 2 is 0.636 bits per heavy atom. The van der Waals surface area contributed by atoms with E-state index in [0.717, 1.165) is 0 Å². The van der Waals surface area contributed by atoms with Gasteiger partial charge in [0.2, 0.25) is 0 Å². The molecule has 0 amide bonds. The highest BCUT2D eigenvalue weighted by molar-refractivity contribution is 6.19. The fourth-order valence-corrected chi connectivity index (χ4v) is 5.61. The van der Waals surface area contributed by atoms with Crippen LogP contribution in [0.3, 0.4) is 0 Å². The average molecular weight is 461 g/mol. The molecule has 0 aliphatic rings. The van der Waals surface area contributed by atoms with Gasteiger partial charge >= 0.3 is 0 Å². The largest absolute Gasteiger partial charge is 0.125 e. The number of benzene rings is 3. The van der Waals surface area contributed by atoms with E-state index in [1.54, 1.807) is 0 Å². The van der Waals surface area contributed by atoms with Gasteiger partial charge in [0.25, 0.3) is 0 Å². The number of alkyl halides is 1. The van der Waals surface area contributed by atoms with Crippen molar-refractivity contribution in [3.05, 3.63) is 106 Å². The topological polar surface area (TPSA) is 0 Å². The normalized spacial score (nSPS) is 13.3. The van der Waals surface area contributed by atoms with Gasteiger partial charge in [-0.3, -0.25) is 0 Å². The first-order valence-electron chi connectivity index (χ1n) is 12.1. The predicted molar refractivity (Wildman–Crippen MR) is 146 cm³/mol. The van der Waals surface area contributed by atoms with Crippen LogP contribution < -0.4 is 0 Å². The Morgan fingerprint density at radius 3 is 0.818 bits per heavy atom. The summed E-state index contributed by atoms with van der Waals surface area (Å²) in [7, 11) is 0. The van der Waals surface area contributed by atoms with Gasteiger partial charge in [-0.1, -0.05) is 135 Å². The maximum absolute atomic E-state index is 7.19. The minimum atomic E-state index is -0.473. The second-order valence-electron chi connectivity index (χ2n) is 12.4. The Labute approximate surface area is 207 Å². The Bertz CT molecular complexity index is 961. The minimum Gasteiger partial charge on any atom is -0.125 e. The molecule has 3 aromatic carbocycles. The molecule has 0 saturated carbocycles. The third-order valence-electron chi connectivity index (χ3n) is 6.79. The molecule has 176 valence electrons. The van der Waals surface area contributed by atoms with Crippen LogP contribution >= 0.6 is 11.6 Å². The van der Waals surface area contributed by atoms with Gasteiger partial charge in [-0.2, -0.15) is 0 Å². The van der Waals surface area contributed by atoms with Crippen molar-refractivity contribution < 1.29 is 0 Å². The third-order valence-corrected chi connectivity index (χ3v) is 7.19. The van der Waals surface area contributed by atoms with E-state index in [0.29, 0.717) is 5.88 Å². The predicted octanol–water partition coefficient (Wildman–Crippen LogP) is 9.15. The van der Waals surface area contributed by atoms with Gasteiger partial charge in [-0.05, 0) is 49.6 Å². The summed E-state index contributed by atoms with van der Waals surface area (Å²) in [5, 5.41) is 0. The first kappa shape index (κ1) is 25.6. The summed E-state index contributed by atoms with van der Waals surface area (Å²) in [5.74, 6) is 0.473. The summed E-state index contributed by atoms with van der Waals surface area (Å²) >= 11 is 7.19. The molecule has 0 saturated heterocycles. The van der Waals surface area contributed by atoms with Crippen molar-refractivity contribution in [3.8, 4) is 0 Å². The van der Waals surface area contributed by atoms with E-state index in [2.05, 4.69) is 135 Å². The van der Waals surface area contributed by atoms with E-state index in [1.165, 1.54) is 33.4 Å². The van der Waals surface area contributed by atoms with Crippen molar-refractivity contribution >= 4 is 11.6 Å². The first-order chi connectivity index (χ1) is 15.2. The summed E-state index contributed by atoms with van der Waals surface area (Å²) in [6.07, 6.45) is 0. The van der Waals surface area contributed by atoms with Gasteiger partial charge in [0.1, 0.15) is 0 Å². The molecule has 0 nitrogen and oxygen atoms in total. The van der Waals surface area contributed by atoms with Crippen LogP contribution in [0.25, 0.3) is 0 Å². The second kappa shape index (κ2) is 8.95. The van der Waals surface area contributed by atoms with Crippen molar-refractivity contribution in [2.24, 2.45) is 0 Å². The van der Waals surface area contributed by atoms with Crippen LogP contribution in [0.4, 0.5) is 0 Å². The standard InChI is InChI=1S/C32H41Cl/c1-29(2,3)23-16-10-13-19-26(23)32(22-33,27-20-14-11-17-24(27)30(4,5)6)28-21-15-12-18-25(28)31(7,8)9/h10-21H,22H2,1-9H3. The zero-order valence-corrected chi connectivity index (χ0v) is 22.8. The van der Waals surface area contributed by atoms with Crippen LogP contribution in [0, 0.1) is 0 Å². The lowest BCUT2D eigenvalue weighted by atomic mass is 9.61. The zero-order chi connectivity index (χ0) is 24.7. The molecular formula is C32H41Cl. The smallest absolute Gasteiger partial charge is 0.0594 e. The monoisotopic (exact) mass is 460 g/mol. The Morgan fingerprint density at radius 1 is 0.424 bits per heavy atom. The highest BCUT2D eigenvalue weighted by Crippen LogP contribution is 2.49. The lowest BCUT2D eigenvalue weighted by molar-refractivity contribution is 0.527. The fourth-order valence-electron chi connectivity index (χ4n) is 5.18. The quantitative estimate of drug-likeness (QED) is 0.269. The fraction of sp³-hybridized carbons (Fsp3) is 0.438. The molecule has 0 spiro atoms. The number of hydrogen-bond donors (Lipinski definition) is 0. The van der Waals surface area contributed by atoms with E-state index in [1.807, 2.05) is 0 Å². The summed E-state index contributed by atoms with van der Waals surface area (Å²) in [6, 6.07) is 26.8. The van der Waals surface area contributed by atoms with E-state index < -0.39 is 5.41 Å². The summed E-state index contributed by atoms with van der Waals surface area (Å²) in [4.78, 5) is 0. The maximum atomic E-state index is 7.19. The van der Waals surface area contributed by atoms with Gasteiger partial charge in [-0.25, -0.2) is 0 Å². The number of hydrogen-bond acceptors (Lipinski definition) is 0. The lowest BCUT2D eigenvalue weighted by Gasteiger charge is -2.43. The summed E-state index contributed by atoms with van der Waals surface area (Å²) in [6.45, 7) is 20.7. The van der Waals surface area contributed by atoms with Crippen LogP contribution in [0.5, 0.6) is 0 Å². The molecule has 3 rings (SSSR count). The van der Waals surface area contributed by atoms with Gasteiger partial charge < -0.3 is 0 Å². The molecule has 0 atom stereocenters. The van der Waals surface area contributed by atoms with Crippen LogP contribution in [0.15, 0.2) is 72.8 Å². The van der Waals surface area contributed by atoms with Gasteiger partial charge in [0.05, 0.1) is 5.41 Å². The van der Waals surface area contributed by atoms with E-state index >= 15 is 0 Å². The lowest BCUT2D eigenvalue weighted by Crippen LogP contribution is -2.39. The highest BCUT2D eigenvalue weighted by Gasteiger charge is 2.43. The molecule has 0 radical (unpaired) electrons. The molecule has 0 aliphatic carbocycles. The molecule has 0 fully saturated rings. The molecule has 0 unspecified atom stereocenters. The van der Waals surface area contributed by atoms with Crippen molar-refractivity contribution in [2.75, 3.05) is 5.88 Å². The first-order valence-corrected chi connectivity index (χ1v) is 12.6. The highest BCUT2D eigenvalue weighted by atomic mass is 35.5. The van der Waals surface area contributed by atoms with E-state index in [-0.39, 0.29) is 16.2 Å². The third kappa shape index (κ3) is 4.78. The van der Waals surface area contributed by atoms with Crippen LogP contribution in [-0.2, 0) is 21.7 Å². The number of halogens is 1. The van der Waals surface area contributed by atoms with Crippen molar-refractivity contribution in [3.63, 3.8) is 0 Å².